The monoisotopic (exact) mass is 293 g/mol. The quantitative estimate of drug-likeness (QED) is 0.877. The molecule has 4 heteroatoms. The van der Waals surface area contributed by atoms with Gasteiger partial charge in [0.1, 0.15) is 17.3 Å². The molecule has 0 radical (unpaired) electrons. The first kappa shape index (κ1) is 14.8. The minimum atomic E-state index is -0.494. The largest absolute Gasteiger partial charge is 0.457 e. The molecular weight excluding hydrogens is 277 g/mol. The second kappa shape index (κ2) is 6.73. The summed E-state index contributed by atoms with van der Waals surface area (Å²) in [7, 11) is 0. The van der Waals surface area contributed by atoms with E-state index in [1.54, 1.807) is 6.07 Å². The standard InChI is InChI=1S/C16H17ClFNO/c1-2-12(19)9-11-5-3-4-6-16(11)20-13-7-8-14(17)15(18)10-13/h3-8,10,12H,2,9,19H2,1H3. The normalized spacial score (nSPS) is 12.2. The van der Waals surface area contributed by atoms with Crippen molar-refractivity contribution in [3.63, 3.8) is 0 Å². The Morgan fingerprint density at radius 2 is 2.00 bits per heavy atom. The lowest BCUT2D eigenvalue weighted by molar-refractivity contribution is 0.467. The molecule has 0 aromatic heterocycles. The van der Waals surface area contributed by atoms with Gasteiger partial charge in [-0.3, -0.25) is 0 Å². The highest BCUT2D eigenvalue weighted by Gasteiger charge is 2.09. The Balaban J connectivity index is 2.22. The maximum atomic E-state index is 13.4. The van der Waals surface area contributed by atoms with Crippen LogP contribution in [0.15, 0.2) is 42.5 Å². The van der Waals surface area contributed by atoms with Crippen molar-refractivity contribution in [2.24, 2.45) is 5.73 Å². The third-order valence-corrected chi connectivity index (χ3v) is 3.40. The van der Waals surface area contributed by atoms with Crippen LogP contribution in [0.2, 0.25) is 5.02 Å². The molecule has 0 aliphatic carbocycles. The lowest BCUT2D eigenvalue weighted by Crippen LogP contribution is -2.21. The van der Waals surface area contributed by atoms with Crippen LogP contribution in [0.3, 0.4) is 0 Å². The van der Waals surface area contributed by atoms with Gasteiger partial charge in [-0.1, -0.05) is 36.7 Å². The minimum absolute atomic E-state index is 0.0821. The van der Waals surface area contributed by atoms with Crippen LogP contribution in [0.5, 0.6) is 11.5 Å². The lowest BCUT2D eigenvalue weighted by Gasteiger charge is -2.14. The number of ether oxygens (including phenoxy) is 1. The van der Waals surface area contributed by atoms with E-state index in [1.807, 2.05) is 31.2 Å². The predicted molar refractivity (Wildman–Crippen MR) is 79.9 cm³/mol. The highest BCUT2D eigenvalue weighted by atomic mass is 35.5. The molecule has 2 aromatic rings. The summed E-state index contributed by atoms with van der Waals surface area (Å²) in [6.45, 7) is 2.04. The van der Waals surface area contributed by atoms with E-state index < -0.39 is 5.82 Å². The molecule has 1 unspecified atom stereocenters. The molecule has 2 N–H and O–H groups in total. The van der Waals surface area contributed by atoms with Crippen LogP contribution in [0.25, 0.3) is 0 Å². The van der Waals surface area contributed by atoms with Gasteiger partial charge in [-0.25, -0.2) is 4.39 Å². The van der Waals surface area contributed by atoms with E-state index >= 15 is 0 Å². The maximum absolute atomic E-state index is 13.4. The average molecular weight is 294 g/mol. The number of halogens is 2. The molecule has 0 aliphatic heterocycles. The van der Waals surface area contributed by atoms with Crippen LogP contribution in [-0.4, -0.2) is 6.04 Å². The van der Waals surface area contributed by atoms with Gasteiger partial charge in [0.25, 0.3) is 0 Å². The van der Waals surface area contributed by atoms with E-state index in [0.717, 1.165) is 18.4 Å². The topological polar surface area (TPSA) is 35.2 Å². The molecule has 1 atom stereocenters. The van der Waals surface area contributed by atoms with Crippen LogP contribution in [0.1, 0.15) is 18.9 Å². The van der Waals surface area contributed by atoms with Crippen molar-refractivity contribution in [1.82, 2.24) is 0 Å². The fraction of sp³-hybridized carbons (Fsp3) is 0.250. The van der Waals surface area contributed by atoms with E-state index in [9.17, 15) is 4.39 Å². The molecule has 0 bridgehead atoms. The van der Waals surface area contributed by atoms with Crippen LogP contribution in [0.4, 0.5) is 4.39 Å². The molecule has 0 aliphatic rings. The van der Waals surface area contributed by atoms with Crippen LogP contribution in [0, 0.1) is 5.82 Å². The van der Waals surface area contributed by atoms with Crippen LogP contribution in [-0.2, 0) is 6.42 Å². The first-order valence-electron chi connectivity index (χ1n) is 6.56. The van der Waals surface area contributed by atoms with Gasteiger partial charge in [0.05, 0.1) is 5.02 Å². The fourth-order valence-electron chi connectivity index (χ4n) is 1.87. The third kappa shape index (κ3) is 3.71. The van der Waals surface area contributed by atoms with Crippen molar-refractivity contribution in [3.05, 3.63) is 58.9 Å². The Kier molecular flexibility index (Phi) is 4.99. The summed E-state index contributed by atoms with van der Waals surface area (Å²) < 4.78 is 19.2. The van der Waals surface area contributed by atoms with Crippen LogP contribution >= 0.6 is 11.6 Å². The third-order valence-electron chi connectivity index (χ3n) is 3.10. The van der Waals surface area contributed by atoms with Crippen molar-refractivity contribution in [2.45, 2.75) is 25.8 Å². The molecule has 0 saturated heterocycles. The molecule has 2 nitrogen and oxygen atoms in total. The SMILES string of the molecule is CCC(N)Cc1ccccc1Oc1ccc(Cl)c(F)c1. The van der Waals surface area contributed by atoms with Crippen molar-refractivity contribution in [1.29, 1.82) is 0 Å². The van der Waals surface area contributed by atoms with Crippen molar-refractivity contribution in [3.8, 4) is 11.5 Å². The highest BCUT2D eigenvalue weighted by Crippen LogP contribution is 2.28. The zero-order valence-electron chi connectivity index (χ0n) is 11.3. The summed E-state index contributed by atoms with van der Waals surface area (Å²) in [5.41, 5.74) is 6.99. The van der Waals surface area contributed by atoms with E-state index in [-0.39, 0.29) is 11.1 Å². The minimum Gasteiger partial charge on any atom is -0.457 e. The summed E-state index contributed by atoms with van der Waals surface area (Å²) in [6, 6.07) is 12.1. The molecule has 0 amide bonds. The predicted octanol–water partition coefficient (Wildman–Crippen LogP) is 4.55. The number of hydrogen-bond acceptors (Lipinski definition) is 2. The molecular formula is C16H17ClFNO. The number of nitrogens with two attached hydrogens (primary N) is 1. The van der Waals surface area contributed by atoms with Crippen molar-refractivity contribution in [2.75, 3.05) is 0 Å². The number of hydrogen-bond donors (Lipinski definition) is 1. The molecule has 20 heavy (non-hydrogen) atoms. The van der Waals surface area contributed by atoms with Gasteiger partial charge in [-0.05, 0) is 36.6 Å². The van der Waals surface area contributed by atoms with Gasteiger partial charge in [-0.15, -0.1) is 0 Å². The molecule has 0 heterocycles. The Hall–Kier alpha value is -1.58. The molecule has 106 valence electrons. The second-order valence-electron chi connectivity index (χ2n) is 4.66. The second-order valence-corrected chi connectivity index (χ2v) is 5.07. The first-order chi connectivity index (χ1) is 9.60. The van der Waals surface area contributed by atoms with E-state index in [1.165, 1.54) is 12.1 Å². The van der Waals surface area contributed by atoms with Gasteiger partial charge in [0, 0.05) is 12.1 Å². The first-order valence-corrected chi connectivity index (χ1v) is 6.94. The molecule has 0 spiro atoms. The van der Waals surface area contributed by atoms with E-state index in [2.05, 4.69) is 0 Å². The van der Waals surface area contributed by atoms with E-state index in [4.69, 9.17) is 22.1 Å². The molecule has 0 saturated carbocycles. The fourth-order valence-corrected chi connectivity index (χ4v) is 1.98. The number of para-hydroxylation sites is 1. The zero-order valence-corrected chi connectivity index (χ0v) is 12.0. The number of benzene rings is 2. The Labute approximate surface area is 123 Å². The highest BCUT2D eigenvalue weighted by molar-refractivity contribution is 6.30. The van der Waals surface area contributed by atoms with Gasteiger partial charge in [0.15, 0.2) is 0 Å². The van der Waals surface area contributed by atoms with Gasteiger partial charge < -0.3 is 10.5 Å². The smallest absolute Gasteiger partial charge is 0.145 e. The van der Waals surface area contributed by atoms with Gasteiger partial charge in [-0.2, -0.15) is 0 Å². The zero-order chi connectivity index (χ0) is 14.5. The maximum Gasteiger partial charge on any atom is 0.145 e. The Morgan fingerprint density at radius 1 is 1.25 bits per heavy atom. The van der Waals surface area contributed by atoms with E-state index in [0.29, 0.717) is 11.5 Å². The summed E-state index contributed by atoms with van der Waals surface area (Å²) in [4.78, 5) is 0. The summed E-state index contributed by atoms with van der Waals surface area (Å²) >= 11 is 5.66. The Bertz CT molecular complexity index is 588. The molecule has 0 fully saturated rings. The Morgan fingerprint density at radius 3 is 2.70 bits per heavy atom. The summed E-state index contributed by atoms with van der Waals surface area (Å²) in [5.74, 6) is 0.620. The average Bonchev–Trinajstić information content (AvgIpc) is 2.45. The van der Waals surface area contributed by atoms with Crippen LogP contribution < -0.4 is 10.5 Å². The lowest BCUT2D eigenvalue weighted by atomic mass is 10.0. The summed E-state index contributed by atoms with van der Waals surface area (Å²) in [5, 5.41) is 0.0821. The van der Waals surface area contributed by atoms with Crippen molar-refractivity contribution >= 4 is 11.6 Å². The number of rotatable bonds is 5. The van der Waals surface area contributed by atoms with Gasteiger partial charge in [0.2, 0.25) is 0 Å². The molecule has 2 aromatic carbocycles. The van der Waals surface area contributed by atoms with Crippen molar-refractivity contribution < 1.29 is 9.13 Å². The van der Waals surface area contributed by atoms with Gasteiger partial charge >= 0.3 is 0 Å². The molecule has 2 rings (SSSR count). The summed E-state index contributed by atoms with van der Waals surface area (Å²) in [6.07, 6.45) is 1.62.